The molecular weight excluding hydrogens is 468 g/mol. The minimum absolute atomic E-state index is 0.146. The van der Waals surface area contributed by atoms with Crippen LogP contribution >= 0.6 is 31.9 Å². The lowest BCUT2D eigenvalue weighted by molar-refractivity contribution is -0.122. The van der Waals surface area contributed by atoms with Crippen LogP contribution in [0.3, 0.4) is 0 Å². The number of rotatable bonds is 3. The minimum atomic E-state index is -0.786. The Bertz CT molecular complexity index is 939. The maximum Gasteiger partial charge on any atom is 0.335 e. The molecule has 0 radical (unpaired) electrons. The van der Waals surface area contributed by atoms with Gasteiger partial charge < -0.3 is 4.74 Å². The third-order valence-electron chi connectivity index (χ3n) is 3.63. The number of halogens is 2. The maximum atomic E-state index is 12.8. The van der Waals surface area contributed by atoms with Gasteiger partial charge in [-0.1, -0.05) is 31.9 Å². The van der Waals surface area contributed by atoms with Gasteiger partial charge in [0.15, 0.2) is 0 Å². The molecule has 1 aliphatic rings. The van der Waals surface area contributed by atoms with E-state index in [0.717, 1.165) is 13.8 Å². The SMILES string of the molecule is COc1cc(Br)cc(/C=C2\C(=O)NC(=O)N(c3ccc(Br)cc3)C2=O)c1. The molecule has 6 nitrogen and oxygen atoms in total. The second kappa shape index (κ2) is 7.43. The van der Waals surface area contributed by atoms with Gasteiger partial charge >= 0.3 is 6.03 Å². The molecule has 0 atom stereocenters. The zero-order valence-corrected chi connectivity index (χ0v) is 16.6. The molecule has 132 valence electrons. The molecule has 1 fully saturated rings. The van der Waals surface area contributed by atoms with Crippen molar-refractivity contribution in [2.45, 2.75) is 0 Å². The van der Waals surface area contributed by atoms with Gasteiger partial charge in [-0.3, -0.25) is 14.9 Å². The number of carbonyl (C=O) groups excluding carboxylic acids is 3. The average Bonchev–Trinajstić information content (AvgIpc) is 2.59. The maximum absolute atomic E-state index is 12.8. The Morgan fingerprint density at radius 3 is 2.35 bits per heavy atom. The smallest absolute Gasteiger partial charge is 0.335 e. The fourth-order valence-corrected chi connectivity index (χ4v) is 3.19. The predicted octanol–water partition coefficient (Wildman–Crippen LogP) is 3.89. The number of hydrogen-bond donors (Lipinski definition) is 1. The molecule has 0 aliphatic carbocycles. The third-order valence-corrected chi connectivity index (χ3v) is 4.61. The second-order valence-corrected chi connectivity index (χ2v) is 7.19. The summed E-state index contributed by atoms with van der Waals surface area (Å²) in [6.07, 6.45) is 1.42. The fourth-order valence-electron chi connectivity index (χ4n) is 2.43. The van der Waals surface area contributed by atoms with Crippen LogP contribution < -0.4 is 15.0 Å². The molecule has 0 spiro atoms. The zero-order valence-electron chi connectivity index (χ0n) is 13.5. The minimum Gasteiger partial charge on any atom is -0.497 e. The lowest BCUT2D eigenvalue weighted by Crippen LogP contribution is -2.54. The molecule has 1 N–H and O–H groups in total. The van der Waals surface area contributed by atoms with Crippen molar-refractivity contribution in [2.24, 2.45) is 0 Å². The Hall–Kier alpha value is -2.45. The van der Waals surface area contributed by atoms with Crippen molar-refractivity contribution in [3.8, 4) is 5.75 Å². The number of urea groups is 1. The van der Waals surface area contributed by atoms with Gasteiger partial charge in [0.1, 0.15) is 11.3 Å². The number of anilines is 1. The van der Waals surface area contributed by atoms with Gasteiger partial charge in [-0.2, -0.15) is 0 Å². The van der Waals surface area contributed by atoms with Crippen molar-refractivity contribution >= 4 is 61.5 Å². The van der Waals surface area contributed by atoms with Crippen LogP contribution in [-0.4, -0.2) is 25.0 Å². The number of barbiturate groups is 1. The second-order valence-electron chi connectivity index (χ2n) is 5.36. The molecule has 1 aliphatic heterocycles. The van der Waals surface area contributed by atoms with Crippen LogP contribution in [0.25, 0.3) is 6.08 Å². The van der Waals surface area contributed by atoms with Gasteiger partial charge in [0.25, 0.3) is 11.8 Å². The van der Waals surface area contributed by atoms with E-state index in [-0.39, 0.29) is 5.57 Å². The lowest BCUT2D eigenvalue weighted by Gasteiger charge is -2.26. The molecule has 8 heteroatoms. The molecule has 0 bridgehead atoms. The summed E-state index contributed by atoms with van der Waals surface area (Å²) in [6, 6.07) is 11.0. The van der Waals surface area contributed by atoms with Crippen molar-refractivity contribution in [3.63, 3.8) is 0 Å². The molecular formula is C18H12Br2N2O4. The van der Waals surface area contributed by atoms with Gasteiger partial charge in [0, 0.05) is 8.95 Å². The third kappa shape index (κ3) is 3.71. The first-order chi connectivity index (χ1) is 12.4. The van der Waals surface area contributed by atoms with Crippen LogP contribution in [0.15, 0.2) is 57.0 Å². The van der Waals surface area contributed by atoms with Crippen molar-refractivity contribution < 1.29 is 19.1 Å². The van der Waals surface area contributed by atoms with Crippen molar-refractivity contribution in [1.29, 1.82) is 0 Å². The summed E-state index contributed by atoms with van der Waals surface area (Å²) in [6.45, 7) is 0. The number of carbonyl (C=O) groups is 3. The number of ether oxygens (including phenoxy) is 1. The Morgan fingerprint density at radius 2 is 1.69 bits per heavy atom. The van der Waals surface area contributed by atoms with E-state index in [2.05, 4.69) is 37.2 Å². The number of nitrogens with zero attached hydrogens (tertiary/aromatic N) is 1. The van der Waals surface area contributed by atoms with Crippen molar-refractivity contribution in [1.82, 2.24) is 5.32 Å². The first-order valence-corrected chi connectivity index (χ1v) is 8.99. The van der Waals surface area contributed by atoms with Crippen LogP contribution in [0.4, 0.5) is 10.5 Å². The van der Waals surface area contributed by atoms with E-state index in [1.165, 1.54) is 13.2 Å². The monoisotopic (exact) mass is 478 g/mol. The average molecular weight is 480 g/mol. The first-order valence-electron chi connectivity index (χ1n) is 7.40. The standard InChI is InChI=1S/C18H12Br2N2O4/c1-26-14-7-10(6-12(20)9-14)8-15-16(23)21-18(25)22(17(15)24)13-4-2-11(19)3-5-13/h2-9H,1H3,(H,21,23,25)/b15-8+. The van der Waals surface area contributed by atoms with Gasteiger partial charge in [0.2, 0.25) is 0 Å². The number of nitrogens with one attached hydrogen (secondary N) is 1. The van der Waals surface area contributed by atoms with E-state index in [1.807, 2.05) is 0 Å². The van der Waals surface area contributed by atoms with Gasteiger partial charge in [-0.15, -0.1) is 0 Å². The summed E-state index contributed by atoms with van der Waals surface area (Å²) in [5, 5.41) is 2.19. The highest BCUT2D eigenvalue weighted by molar-refractivity contribution is 9.10. The first kappa shape index (κ1) is 18.3. The van der Waals surface area contributed by atoms with Gasteiger partial charge in [0.05, 0.1) is 12.8 Å². The van der Waals surface area contributed by atoms with E-state index in [0.29, 0.717) is 17.0 Å². The van der Waals surface area contributed by atoms with E-state index in [4.69, 9.17) is 4.74 Å². The highest BCUT2D eigenvalue weighted by Gasteiger charge is 2.36. The molecule has 3 rings (SSSR count). The molecule has 4 amide bonds. The Morgan fingerprint density at radius 1 is 1.00 bits per heavy atom. The highest BCUT2D eigenvalue weighted by Crippen LogP contribution is 2.26. The Labute approximate surface area is 166 Å². The Kier molecular flexibility index (Phi) is 5.24. The van der Waals surface area contributed by atoms with Crippen LogP contribution in [0.2, 0.25) is 0 Å². The number of hydrogen-bond acceptors (Lipinski definition) is 4. The van der Waals surface area contributed by atoms with E-state index >= 15 is 0 Å². The lowest BCUT2D eigenvalue weighted by atomic mass is 10.1. The highest BCUT2D eigenvalue weighted by atomic mass is 79.9. The summed E-state index contributed by atoms with van der Waals surface area (Å²) in [4.78, 5) is 38.1. The van der Waals surface area contributed by atoms with Crippen molar-refractivity contribution in [3.05, 3.63) is 62.5 Å². The van der Waals surface area contributed by atoms with Crippen LogP contribution in [-0.2, 0) is 9.59 Å². The summed E-state index contributed by atoms with van der Waals surface area (Å²) < 4.78 is 6.72. The molecule has 0 saturated carbocycles. The van der Waals surface area contributed by atoms with Crippen molar-refractivity contribution in [2.75, 3.05) is 12.0 Å². The summed E-state index contributed by atoms with van der Waals surface area (Å²) in [5.41, 5.74) is 0.799. The fraction of sp³-hybridized carbons (Fsp3) is 0.0556. The summed E-state index contributed by atoms with van der Waals surface area (Å²) in [5.74, 6) is -0.872. The van der Waals surface area contributed by atoms with Gasteiger partial charge in [-0.05, 0) is 54.1 Å². The zero-order chi connectivity index (χ0) is 18.8. The van der Waals surface area contributed by atoms with Gasteiger partial charge in [-0.25, -0.2) is 9.69 Å². The summed E-state index contributed by atoms with van der Waals surface area (Å²) in [7, 11) is 1.52. The number of benzene rings is 2. The molecule has 2 aromatic rings. The Balaban J connectivity index is 2.02. The summed E-state index contributed by atoms with van der Waals surface area (Å²) >= 11 is 6.65. The van der Waals surface area contributed by atoms with E-state index in [9.17, 15) is 14.4 Å². The van der Waals surface area contributed by atoms with Crippen LogP contribution in [0.5, 0.6) is 5.75 Å². The molecule has 1 heterocycles. The molecule has 1 saturated heterocycles. The normalized spacial score (nSPS) is 16.0. The number of amides is 4. The van der Waals surface area contributed by atoms with E-state index < -0.39 is 17.8 Å². The number of methoxy groups -OCH3 is 1. The predicted molar refractivity (Wildman–Crippen MR) is 104 cm³/mol. The molecule has 2 aromatic carbocycles. The van der Waals surface area contributed by atoms with Crippen LogP contribution in [0.1, 0.15) is 5.56 Å². The van der Waals surface area contributed by atoms with Crippen LogP contribution in [0, 0.1) is 0 Å². The topological polar surface area (TPSA) is 75.7 Å². The molecule has 0 aromatic heterocycles. The van der Waals surface area contributed by atoms with E-state index in [1.54, 1.807) is 42.5 Å². The number of imide groups is 2. The molecule has 0 unspecified atom stereocenters. The largest absolute Gasteiger partial charge is 0.497 e. The quantitative estimate of drug-likeness (QED) is 0.535. The molecule has 26 heavy (non-hydrogen) atoms.